The number of aromatic nitrogens is 1. The number of hydrogen-bond donors (Lipinski definition) is 1. The number of sulfone groups is 1. The van der Waals surface area contributed by atoms with Gasteiger partial charge in [0, 0.05) is 42.0 Å². The highest BCUT2D eigenvalue weighted by molar-refractivity contribution is 7.90. The highest BCUT2D eigenvalue weighted by Crippen LogP contribution is 2.23. The van der Waals surface area contributed by atoms with Crippen LogP contribution in [0, 0.1) is 13.8 Å². The van der Waals surface area contributed by atoms with Crippen molar-refractivity contribution in [1.82, 2.24) is 9.47 Å². The number of aliphatic hydroxyl groups is 1. The van der Waals surface area contributed by atoms with Crippen LogP contribution in [0.15, 0.2) is 35.2 Å². The number of aliphatic hydroxyl groups excluding tert-OH is 1. The summed E-state index contributed by atoms with van der Waals surface area (Å²) in [5.41, 5.74) is 3.29. The second-order valence-corrected chi connectivity index (χ2v) is 9.33. The first kappa shape index (κ1) is 19.8. The molecule has 2 aromatic rings. The highest BCUT2D eigenvalue weighted by Gasteiger charge is 2.22. The van der Waals surface area contributed by atoms with Crippen LogP contribution in [0.5, 0.6) is 0 Å². The number of piperidine rings is 1. The number of rotatable bonds is 5. The third-order valence-corrected chi connectivity index (χ3v) is 6.31. The molecule has 1 fully saturated rings. The number of hydrogen-bond acceptors (Lipinski definition) is 5. The van der Waals surface area contributed by atoms with E-state index in [1.165, 1.54) is 6.26 Å². The first-order valence-corrected chi connectivity index (χ1v) is 11.0. The van der Waals surface area contributed by atoms with Crippen LogP contribution in [0.25, 0.3) is 5.69 Å². The van der Waals surface area contributed by atoms with Crippen molar-refractivity contribution in [3.8, 4) is 5.69 Å². The zero-order valence-corrected chi connectivity index (χ0v) is 16.8. The van der Waals surface area contributed by atoms with E-state index >= 15 is 0 Å². The minimum atomic E-state index is -3.24. The van der Waals surface area contributed by atoms with Crippen LogP contribution in [0.2, 0.25) is 0 Å². The Kier molecular flexibility index (Phi) is 5.55. The average molecular weight is 391 g/mol. The maximum atomic E-state index is 12.8. The van der Waals surface area contributed by atoms with Crippen LogP contribution in [0.4, 0.5) is 0 Å². The van der Waals surface area contributed by atoms with Gasteiger partial charge in [-0.05, 0) is 57.0 Å². The molecule has 2 heterocycles. The van der Waals surface area contributed by atoms with Crippen molar-refractivity contribution in [1.29, 1.82) is 0 Å². The zero-order chi connectivity index (χ0) is 19.8. The van der Waals surface area contributed by atoms with Gasteiger partial charge in [0.15, 0.2) is 15.6 Å². The minimum absolute atomic E-state index is 0.0681. The summed E-state index contributed by atoms with van der Waals surface area (Å²) < 4.78 is 25.3. The van der Waals surface area contributed by atoms with E-state index in [9.17, 15) is 18.3 Å². The molecule has 0 amide bonds. The van der Waals surface area contributed by atoms with E-state index in [1.54, 1.807) is 24.3 Å². The number of carbonyl (C=O) groups is 1. The van der Waals surface area contributed by atoms with Crippen LogP contribution in [-0.2, 0) is 9.84 Å². The molecule has 0 atom stereocenters. The fraction of sp³-hybridized carbons (Fsp3) is 0.450. The van der Waals surface area contributed by atoms with Gasteiger partial charge in [0.1, 0.15) is 0 Å². The molecule has 0 radical (unpaired) electrons. The topological polar surface area (TPSA) is 79.6 Å². The van der Waals surface area contributed by atoms with E-state index < -0.39 is 9.84 Å². The molecule has 0 bridgehead atoms. The number of carbonyl (C=O) groups excluding carboxylic acids is 1. The molecule has 1 aromatic carbocycles. The summed E-state index contributed by atoms with van der Waals surface area (Å²) in [6.45, 7) is 5.66. The molecule has 0 unspecified atom stereocenters. The predicted molar refractivity (Wildman–Crippen MR) is 104 cm³/mol. The Morgan fingerprint density at radius 1 is 1.15 bits per heavy atom. The van der Waals surface area contributed by atoms with Crippen molar-refractivity contribution in [2.24, 2.45) is 0 Å². The van der Waals surface area contributed by atoms with E-state index in [-0.39, 0.29) is 16.8 Å². The fourth-order valence-electron chi connectivity index (χ4n) is 3.65. The van der Waals surface area contributed by atoms with Gasteiger partial charge in [-0.3, -0.25) is 9.69 Å². The molecule has 3 rings (SSSR count). The molecular formula is C20H26N2O4S. The van der Waals surface area contributed by atoms with Crippen molar-refractivity contribution in [2.45, 2.75) is 37.7 Å². The Balaban J connectivity index is 1.83. The molecule has 0 saturated carbocycles. The Morgan fingerprint density at radius 2 is 1.74 bits per heavy atom. The van der Waals surface area contributed by atoms with Crippen LogP contribution < -0.4 is 0 Å². The van der Waals surface area contributed by atoms with Gasteiger partial charge in [-0.2, -0.15) is 0 Å². The second-order valence-electron chi connectivity index (χ2n) is 7.32. The third kappa shape index (κ3) is 4.31. The molecule has 1 aromatic heterocycles. The van der Waals surface area contributed by atoms with Crippen molar-refractivity contribution in [3.63, 3.8) is 0 Å². The first-order valence-electron chi connectivity index (χ1n) is 9.10. The van der Waals surface area contributed by atoms with E-state index in [0.717, 1.165) is 30.2 Å². The number of likely N-dealkylation sites (tertiary alicyclic amines) is 1. The van der Waals surface area contributed by atoms with Gasteiger partial charge in [0.05, 0.1) is 17.5 Å². The number of ketones is 1. The molecule has 1 saturated heterocycles. The maximum Gasteiger partial charge on any atom is 0.178 e. The van der Waals surface area contributed by atoms with Gasteiger partial charge >= 0.3 is 0 Å². The summed E-state index contributed by atoms with van der Waals surface area (Å²) >= 11 is 0. The Morgan fingerprint density at radius 3 is 2.30 bits per heavy atom. The summed E-state index contributed by atoms with van der Waals surface area (Å²) in [5, 5.41) is 9.61. The number of Topliss-reactive ketones (excluding diaryl/α,β-unsaturated/α-hetero) is 1. The molecule has 0 aliphatic carbocycles. The van der Waals surface area contributed by atoms with Gasteiger partial charge < -0.3 is 9.67 Å². The smallest absolute Gasteiger partial charge is 0.178 e. The summed E-state index contributed by atoms with van der Waals surface area (Å²) in [4.78, 5) is 15.2. The maximum absolute atomic E-state index is 12.8. The Labute approximate surface area is 160 Å². The van der Waals surface area contributed by atoms with Crippen molar-refractivity contribution >= 4 is 15.6 Å². The zero-order valence-electron chi connectivity index (χ0n) is 16.0. The molecule has 146 valence electrons. The van der Waals surface area contributed by atoms with Crippen molar-refractivity contribution in [2.75, 3.05) is 25.9 Å². The van der Waals surface area contributed by atoms with Gasteiger partial charge in [0.25, 0.3) is 0 Å². The lowest BCUT2D eigenvalue weighted by Crippen LogP contribution is -2.39. The van der Waals surface area contributed by atoms with Crippen LogP contribution in [0.1, 0.15) is 34.6 Å². The lowest BCUT2D eigenvalue weighted by molar-refractivity contribution is 0.0710. The highest BCUT2D eigenvalue weighted by atomic mass is 32.2. The molecule has 0 spiro atoms. The molecule has 1 aliphatic rings. The lowest BCUT2D eigenvalue weighted by Gasteiger charge is -2.28. The predicted octanol–water partition coefficient (Wildman–Crippen LogP) is 2.14. The molecule has 27 heavy (non-hydrogen) atoms. The standard InChI is InChI=1S/C20H26N2O4S/c1-14-12-19(20(24)13-21-10-8-17(23)9-11-21)15(2)22(14)16-4-6-18(7-5-16)27(3,25)26/h4-7,12,17,23H,8-11,13H2,1-3H3. The minimum Gasteiger partial charge on any atom is -0.393 e. The SMILES string of the molecule is Cc1cc(C(=O)CN2CCC(O)CC2)c(C)n1-c1ccc(S(C)(=O)=O)cc1. The Hall–Kier alpha value is -1.96. The number of aryl methyl sites for hydroxylation is 1. The largest absolute Gasteiger partial charge is 0.393 e. The fourth-order valence-corrected chi connectivity index (χ4v) is 4.28. The normalized spacial score (nSPS) is 16.6. The molecular weight excluding hydrogens is 364 g/mol. The van der Waals surface area contributed by atoms with Gasteiger partial charge in [-0.15, -0.1) is 0 Å². The van der Waals surface area contributed by atoms with Crippen LogP contribution >= 0.6 is 0 Å². The van der Waals surface area contributed by atoms with E-state index in [4.69, 9.17) is 0 Å². The van der Waals surface area contributed by atoms with Gasteiger partial charge in [-0.1, -0.05) is 0 Å². The number of benzene rings is 1. The quantitative estimate of drug-likeness (QED) is 0.792. The Bertz CT molecular complexity index is 937. The molecule has 1 N–H and O–H groups in total. The summed E-state index contributed by atoms with van der Waals surface area (Å²) in [6, 6.07) is 8.59. The summed E-state index contributed by atoms with van der Waals surface area (Å²) in [7, 11) is -3.24. The van der Waals surface area contributed by atoms with Gasteiger partial charge in [0.2, 0.25) is 0 Å². The van der Waals surface area contributed by atoms with Crippen LogP contribution in [-0.4, -0.2) is 60.8 Å². The van der Waals surface area contributed by atoms with Crippen molar-refractivity contribution in [3.05, 3.63) is 47.3 Å². The molecule has 7 heteroatoms. The van der Waals surface area contributed by atoms with Crippen LogP contribution in [0.3, 0.4) is 0 Å². The average Bonchev–Trinajstić information content (AvgIpc) is 2.91. The third-order valence-electron chi connectivity index (χ3n) is 5.18. The molecule has 1 aliphatic heterocycles. The lowest BCUT2D eigenvalue weighted by atomic mass is 10.1. The summed E-state index contributed by atoms with van der Waals surface area (Å²) in [5.74, 6) is 0.0681. The van der Waals surface area contributed by atoms with E-state index in [0.29, 0.717) is 24.9 Å². The van der Waals surface area contributed by atoms with Crippen molar-refractivity contribution < 1.29 is 18.3 Å². The summed E-state index contributed by atoms with van der Waals surface area (Å²) in [6.07, 6.45) is 2.35. The number of nitrogens with zero attached hydrogens (tertiary/aromatic N) is 2. The first-order chi connectivity index (χ1) is 12.7. The molecule has 6 nitrogen and oxygen atoms in total. The van der Waals surface area contributed by atoms with Gasteiger partial charge in [-0.25, -0.2) is 8.42 Å². The second kappa shape index (κ2) is 7.58. The van der Waals surface area contributed by atoms with E-state index in [1.807, 2.05) is 24.5 Å². The monoisotopic (exact) mass is 390 g/mol. The van der Waals surface area contributed by atoms with E-state index in [2.05, 4.69) is 4.90 Å².